The molecule has 0 aliphatic rings. The molecule has 22 heavy (non-hydrogen) atoms. The van der Waals surface area contributed by atoms with Crippen molar-refractivity contribution in [3.63, 3.8) is 0 Å². The predicted octanol–water partition coefficient (Wildman–Crippen LogP) is 3.83. The van der Waals surface area contributed by atoms with Crippen molar-refractivity contribution in [3.05, 3.63) is 71.3 Å². The Bertz CT molecular complexity index is 708. The molecule has 0 aromatic heterocycles. The summed E-state index contributed by atoms with van der Waals surface area (Å²) in [6.07, 6.45) is 3.21. The lowest BCUT2D eigenvalue weighted by atomic mass is 10.1. The highest BCUT2D eigenvalue weighted by Crippen LogP contribution is 2.17. The van der Waals surface area contributed by atoms with E-state index in [1.807, 2.05) is 62.4 Å². The van der Waals surface area contributed by atoms with E-state index in [-0.39, 0.29) is 11.0 Å². The van der Waals surface area contributed by atoms with Crippen LogP contribution in [0, 0.1) is 13.8 Å². The molecule has 1 amide bonds. The van der Waals surface area contributed by atoms with Gasteiger partial charge in [-0.05, 0) is 54.9 Å². The van der Waals surface area contributed by atoms with Gasteiger partial charge in [0.1, 0.15) is 0 Å². The summed E-state index contributed by atoms with van der Waals surface area (Å²) in [6.45, 7) is 4.04. The molecule has 0 fully saturated rings. The zero-order valence-electron chi connectivity index (χ0n) is 12.6. The van der Waals surface area contributed by atoms with Gasteiger partial charge in [0.2, 0.25) is 5.91 Å². The van der Waals surface area contributed by atoms with Crippen LogP contribution in [0.4, 0.5) is 5.69 Å². The Morgan fingerprint density at radius 1 is 1.05 bits per heavy atom. The van der Waals surface area contributed by atoms with Crippen LogP contribution < -0.4 is 10.6 Å². The molecule has 0 unspecified atom stereocenters. The number of hydrogen-bond donors (Lipinski definition) is 2. The first-order chi connectivity index (χ1) is 10.6. The van der Waals surface area contributed by atoms with Crippen LogP contribution in [0.2, 0.25) is 0 Å². The van der Waals surface area contributed by atoms with Crippen molar-refractivity contribution in [2.75, 3.05) is 5.32 Å². The molecule has 0 aliphatic heterocycles. The lowest BCUT2D eigenvalue weighted by Gasteiger charge is -2.12. The van der Waals surface area contributed by atoms with E-state index < -0.39 is 0 Å². The molecule has 0 aliphatic carbocycles. The second kappa shape index (κ2) is 7.52. The van der Waals surface area contributed by atoms with Gasteiger partial charge in [0.15, 0.2) is 5.11 Å². The van der Waals surface area contributed by atoms with Crippen LogP contribution in [0.15, 0.2) is 54.6 Å². The molecule has 2 aromatic carbocycles. The number of nitrogens with one attached hydrogen (secondary N) is 2. The molecule has 0 radical (unpaired) electrons. The van der Waals surface area contributed by atoms with Gasteiger partial charge in [-0.1, -0.05) is 42.5 Å². The summed E-state index contributed by atoms with van der Waals surface area (Å²) in [4.78, 5) is 11.8. The standard InChI is InChI=1S/C18H18N2OS/c1-13-7-6-10-16(14(13)2)19-18(22)20-17(21)12-11-15-8-4-3-5-9-15/h3-12H,1-2H3,(H2,19,20,21,22)/b12-11+. The van der Waals surface area contributed by atoms with Crippen LogP contribution in [0.5, 0.6) is 0 Å². The highest BCUT2D eigenvalue weighted by molar-refractivity contribution is 7.80. The molecule has 112 valence electrons. The Labute approximate surface area is 136 Å². The van der Waals surface area contributed by atoms with E-state index in [2.05, 4.69) is 10.6 Å². The monoisotopic (exact) mass is 310 g/mol. The van der Waals surface area contributed by atoms with Gasteiger partial charge >= 0.3 is 0 Å². The molecular formula is C18H18N2OS. The maximum Gasteiger partial charge on any atom is 0.250 e. The normalized spacial score (nSPS) is 10.5. The second-order valence-electron chi connectivity index (χ2n) is 4.93. The number of hydrogen-bond acceptors (Lipinski definition) is 2. The van der Waals surface area contributed by atoms with Gasteiger partial charge in [0.25, 0.3) is 0 Å². The summed E-state index contributed by atoms with van der Waals surface area (Å²) >= 11 is 5.17. The minimum absolute atomic E-state index is 0.258. The third-order valence-electron chi connectivity index (χ3n) is 3.32. The van der Waals surface area contributed by atoms with E-state index in [0.29, 0.717) is 0 Å². The SMILES string of the molecule is Cc1cccc(NC(=S)NC(=O)/C=C/c2ccccc2)c1C. The van der Waals surface area contributed by atoms with E-state index in [0.717, 1.165) is 16.8 Å². The van der Waals surface area contributed by atoms with Crippen LogP contribution in [0.25, 0.3) is 6.08 Å². The average Bonchev–Trinajstić information content (AvgIpc) is 2.51. The first-order valence-corrected chi connectivity index (χ1v) is 7.38. The fourth-order valence-corrected chi connectivity index (χ4v) is 2.14. The van der Waals surface area contributed by atoms with Gasteiger partial charge in [0.05, 0.1) is 0 Å². The van der Waals surface area contributed by atoms with Gasteiger partial charge < -0.3 is 5.32 Å². The molecule has 3 nitrogen and oxygen atoms in total. The molecule has 0 heterocycles. The zero-order chi connectivity index (χ0) is 15.9. The van der Waals surface area contributed by atoms with E-state index in [4.69, 9.17) is 12.2 Å². The van der Waals surface area contributed by atoms with E-state index in [1.54, 1.807) is 6.08 Å². The summed E-state index contributed by atoms with van der Waals surface area (Å²) in [5.74, 6) is -0.258. The number of amides is 1. The highest BCUT2D eigenvalue weighted by Gasteiger charge is 2.04. The van der Waals surface area contributed by atoms with Crippen LogP contribution in [-0.4, -0.2) is 11.0 Å². The number of carbonyl (C=O) groups excluding carboxylic acids is 1. The Balaban J connectivity index is 1.93. The van der Waals surface area contributed by atoms with Gasteiger partial charge in [-0.3, -0.25) is 10.1 Å². The number of benzene rings is 2. The van der Waals surface area contributed by atoms with Crippen LogP contribution in [0.1, 0.15) is 16.7 Å². The number of anilines is 1. The largest absolute Gasteiger partial charge is 0.332 e. The average molecular weight is 310 g/mol. The zero-order valence-corrected chi connectivity index (χ0v) is 13.4. The summed E-state index contributed by atoms with van der Waals surface area (Å²) < 4.78 is 0. The van der Waals surface area contributed by atoms with Gasteiger partial charge in [-0.2, -0.15) is 0 Å². The van der Waals surface area contributed by atoms with Crippen LogP contribution >= 0.6 is 12.2 Å². The predicted molar refractivity (Wildman–Crippen MR) is 95.8 cm³/mol. The van der Waals surface area contributed by atoms with Gasteiger partial charge in [-0.25, -0.2) is 0 Å². The van der Waals surface area contributed by atoms with Crippen molar-refractivity contribution in [2.24, 2.45) is 0 Å². The summed E-state index contributed by atoms with van der Waals surface area (Å²) in [5.41, 5.74) is 4.14. The van der Waals surface area contributed by atoms with Crippen molar-refractivity contribution in [1.82, 2.24) is 5.32 Å². The fraction of sp³-hybridized carbons (Fsp3) is 0.111. The Kier molecular flexibility index (Phi) is 5.44. The van der Waals surface area contributed by atoms with E-state index in [9.17, 15) is 4.79 Å². The Hall–Kier alpha value is -2.46. The maximum absolute atomic E-state index is 11.8. The number of rotatable bonds is 3. The highest BCUT2D eigenvalue weighted by atomic mass is 32.1. The molecule has 0 saturated heterocycles. The maximum atomic E-state index is 11.8. The molecule has 0 bridgehead atoms. The molecular weight excluding hydrogens is 292 g/mol. The van der Waals surface area contributed by atoms with Crippen molar-refractivity contribution >= 4 is 35.0 Å². The lowest BCUT2D eigenvalue weighted by Crippen LogP contribution is -2.33. The van der Waals surface area contributed by atoms with Crippen LogP contribution in [0.3, 0.4) is 0 Å². The quantitative estimate of drug-likeness (QED) is 0.669. The minimum Gasteiger partial charge on any atom is -0.332 e. The number of aryl methyl sites for hydroxylation is 1. The third-order valence-corrected chi connectivity index (χ3v) is 3.52. The first-order valence-electron chi connectivity index (χ1n) is 6.97. The van der Waals surface area contributed by atoms with Crippen molar-refractivity contribution in [1.29, 1.82) is 0 Å². The Morgan fingerprint density at radius 3 is 2.50 bits per heavy atom. The van der Waals surface area contributed by atoms with Crippen molar-refractivity contribution < 1.29 is 4.79 Å². The molecule has 0 saturated carbocycles. The summed E-state index contributed by atoms with van der Waals surface area (Å²) in [5, 5.41) is 5.97. The number of carbonyl (C=O) groups is 1. The second-order valence-corrected chi connectivity index (χ2v) is 5.34. The van der Waals surface area contributed by atoms with Crippen molar-refractivity contribution in [3.8, 4) is 0 Å². The fourth-order valence-electron chi connectivity index (χ4n) is 1.93. The minimum atomic E-state index is -0.258. The smallest absolute Gasteiger partial charge is 0.250 e. The van der Waals surface area contributed by atoms with Crippen molar-refractivity contribution in [2.45, 2.75) is 13.8 Å². The molecule has 2 rings (SSSR count). The lowest BCUT2D eigenvalue weighted by molar-refractivity contribution is -0.115. The first kappa shape index (κ1) is 15.9. The van der Waals surface area contributed by atoms with Crippen LogP contribution in [-0.2, 0) is 4.79 Å². The molecule has 4 heteroatoms. The molecule has 0 atom stereocenters. The summed E-state index contributed by atoms with van der Waals surface area (Å²) in [6, 6.07) is 15.5. The third kappa shape index (κ3) is 4.53. The van der Waals surface area contributed by atoms with E-state index in [1.165, 1.54) is 11.6 Å². The Morgan fingerprint density at radius 2 is 1.77 bits per heavy atom. The van der Waals surface area contributed by atoms with E-state index >= 15 is 0 Å². The van der Waals surface area contributed by atoms with Gasteiger partial charge in [0, 0.05) is 11.8 Å². The number of thiocarbonyl (C=S) groups is 1. The summed E-state index contributed by atoms with van der Waals surface area (Å²) in [7, 11) is 0. The van der Waals surface area contributed by atoms with Gasteiger partial charge in [-0.15, -0.1) is 0 Å². The molecule has 2 aromatic rings. The molecule has 2 N–H and O–H groups in total. The molecule has 0 spiro atoms. The topological polar surface area (TPSA) is 41.1 Å².